The van der Waals surface area contributed by atoms with Gasteiger partial charge in [0.05, 0.1) is 6.10 Å². The molecule has 0 atom stereocenters. The molecule has 0 amide bonds. The standard InChI is InChI=1S/C19H37NO.C3H8/c1-17(2,3)15-13-18(4,5)20(19(6,7)14-15)21-16-11-9-8-10-12-16;1-3-2/h15-16H,8-14H2,1-7H3;3H2,1-2H3. The van der Waals surface area contributed by atoms with Crippen LogP contribution in [0.1, 0.15) is 114 Å². The van der Waals surface area contributed by atoms with Gasteiger partial charge in [0.25, 0.3) is 0 Å². The van der Waals surface area contributed by atoms with Gasteiger partial charge in [-0.05, 0) is 64.7 Å². The zero-order valence-corrected chi connectivity index (χ0v) is 18.2. The minimum Gasteiger partial charge on any atom is -0.295 e. The lowest BCUT2D eigenvalue weighted by Crippen LogP contribution is -2.62. The molecular formula is C22H45NO. The molecule has 2 nitrogen and oxygen atoms in total. The molecule has 144 valence electrons. The van der Waals surface area contributed by atoms with Gasteiger partial charge >= 0.3 is 0 Å². The molecule has 1 aliphatic heterocycles. The summed E-state index contributed by atoms with van der Waals surface area (Å²) in [6.07, 6.45) is 10.7. The van der Waals surface area contributed by atoms with Crippen molar-refractivity contribution in [3.63, 3.8) is 0 Å². The van der Waals surface area contributed by atoms with Crippen molar-refractivity contribution in [2.45, 2.75) is 131 Å². The zero-order valence-electron chi connectivity index (χ0n) is 18.2. The fraction of sp³-hybridized carbons (Fsp3) is 1.00. The van der Waals surface area contributed by atoms with Crippen molar-refractivity contribution in [1.29, 1.82) is 0 Å². The third kappa shape index (κ3) is 6.02. The highest BCUT2D eigenvalue weighted by atomic mass is 16.7. The summed E-state index contributed by atoms with van der Waals surface area (Å²) in [7, 11) is 0. The fourth-order valence-electron chi connectivity index (χ4n) is 4.48. The molecule has 0 N–H and O–H groups in total. The maximum atomic E-state index is 6.56. The van der Waals surface area contributed by atoms with E-state index in [1.165, 1.54) is 51.4 Å². The summed E-state index contributed by atoms with van der Waals surface area (Å²) < 4.78 is 0. The first kappa shape index (κ1) is 22.0. The molecule has 0 aromatic carbocycles. The first-order valence-electron chi connectivity index (χ1n) is 10.4. The maximum absolute atomic E-state index is 6.56. The first-order chi connectivity index (χ1) is 10.9. The lowest BCUT2D eigenvalue weighted by Gasteiger charge is -2.57. The van der Waals surface area contributed by atoms with E-state index in [4.69, 9.17) is 4.84 Å². The first-order valence-corrected chi connectivity index (χ1v) is 10.4. The van der Waals surface area contributed by atoms with Gasteiger partial charge in [-0.2, -0.15) is 5.06 Å². The van der Waals surface area contributed by atoms with Crippen LogP contribution in [-0.4, -0.2) is 22.2 Å². The Hall–Kier alpha value is -0.0800. The van der Waals surface area contributed by atoms with Crippen molar-refractivity contribution in [2.75, 3.05) is 0 Å². The van der Waals surface area contributed by atoms with E-state index >= 15 is 0 Å². The lowest BCUT2D eigenvalue weighted by atomic mass is 9.65. The Morgan fingerprint density at radius 1 is 0.875 bits per heavy atom. The summed E-state index contributed by atoms with van der Waals surface area (Å²) in [6.45, 7) is 20.9. The zero-order chi connectivity index (χ0) is 18.6. The molecule has 24 heavy (non-hydrogen) atoms. The largest absolute Gasteiger partial charge is 0.295 e. The maximum Gasteiger partial charge on any atom is 0.0793 e. The van der Waals surface area contributed by atoms with E-state index in [0.29, 0.717) is 11.5 Å². The molecule has 1 saturated heterocycles. The summed E-state index contributed by atoms with van der Waals surface area (Å²) in [6, 6.07) is 0. The van der Waals surface area contributed by atoms with Crippen LogP contribution in [-0.2, 0) is 4.84 Å². The fourth-order valence-corrected chi connectivity index (χ4v) is 4.48. The summed E-state index contributed by atoms with van der Waals surface area (Å²) in [5.74, 6) is 0.758. The van der Waals surface area contributed by atoms with Gasteiger partial charge in [0, 0.05) is 11.1 Å². The highest BCUT2D eigenvalue weighted by molar-refractivity contribution is 4.99. The predicted molar refractivity (Wildman–Crippen MR) is 106 cm³/mol. The third-order valence-electron chi connectivity index (χ3n) is 5.62. The van der Waals surface area contributed by atoms with Gasteiger partial charge in [0.2, 0.25) is 0 Å². The Morgan fingerprint density at radius 3 is 1.67 bits per heavy atom. The second-order valence-corrected chi connectivity index (χ2v) is 10.5. The summed E-state index contributed by atoms with van der Waals surface area (Å²) in [5, 5.41) is 2.37. The van der Waals surface area contributed by atoms with Crippen LogP contribution in [0.15, 0.2) is 0 Å². The average molecular weight is 340 g/mol. The van der Waals surface area contributed by atoms with Crippen molar-refractivity contribution in [3.05, 3.63) is 0 Å². The second kappa shape index (κ2) is 8.54. The molecule has 1 heterocycles. The number of rotatable bonds is 2. The minimum absolute atomic E-state index is 0.122. The van der Waals surface area contributed by atoms with Crippen molar-refractivity contribution >= 4 is 0 Å². The molecule has 0 unspecified atom stereocenters. The number of nitrogens with zero attached hydrogens (tertiary/aromatic N) is 1. The molecule has 0 spiro atoms. The number of piperidine rings is 1. The van der Waals surface area contributed by atoms with E-state index in [1.54, 1.807) is 0 Å². The third-order valence-corrected chi connectivity index (χ3v) is 5.62. The monoisotopic (exact) mass is 339 g/mol. The number of hydroxylamine groups is 2. The second-order valence-electron chi connectivity index (χ2n) is 10.5. The van der Waals surface area contributed by atoms with Gasteiger partial charge in [0.1, 0.15) is 0 Å². The van der Waals surface area contributed by atoms with Gasteiger partial charge in [-0.3, -0.25) is 4.84 Å². The van der Waals surface area contributed by atoms with Crippen LogP contribution in [0.5, 0.6) is 0 Å². The highest BCUT2D eigenvalue weighted by Crippen LogP contribution is 2.48. The van der Waals surface area contributed by atoms with Crippen LogP contribution in [0.4, 0.5) is 0 Å². The van der Waals surface area contributed by atoms with Crippen LogP contribution in [0.2, 0.25) is 0 Å². The Balaban J connectivity index is 0.000000891. The Labute approximate surface area is 152 Å². The quantitative estimate of drug-likeness (QED) is 0.538. The van der Waals surface area contributed by atoms with E-state index in [0.717, 1.165) is 5.92 Å². The smallest absolute Gasteiger partial charge is 0.0793 e. The van der Waals surface area contributed by atoms with Gasteiger partial charge in [0.15, 0.2) is 0 Å². The molecule has 1 aliphatic carbocycles. The van der Waals surface area contributed by atoms with Crippen molar-refractivity contribution in [1.82, 2.24) is 5.06 Å². The SMILES string of the molecule is CC(C)(C)C1CC(C)(C)N(OC2CCCCC2)C(C)(C)C1.CCC. The number of hydrogen-bond donors (Lipinski definition) is 0. The molecule has 0 aromatic heterocycles. The molecule has 0 bridgehead atoms. The van der Waals surface area contributed by atoms with Gasteiger partial charge in [-0.1, -0.05) is 60.3 Å². The molecule has 2 rings (SSSR count). The van der Waals surface area contributed by atoms with E-state index in [9.17, 15) is 0 Å². The summed E-state index contributed by atoms with van der Waals surface area (Å²) >= 11 is 0. The minimum atomic E-state index is 0.122. The van der Waals surface area contributed by atoms with Crippen molar-refractivity contribution < 1.29 is 4.84 Å². The van der Waals surface area contributed by atoms with E-state index in [1.807, 2.05) is 0 Å². The highest BCUT2D eigenvalue weighted by Gasteiger charge is 2.49. The van der Waals surface area contributed by atoms with Crippen LogP contribution in [0.3, 0.4) is 0 Å². The summed E-state index contributed by atoms with van der Waals surface area (Å²) in [4.78, 5) is 6.56. The lowest BCUT2D eigenvalue weighted by molar-refractivity contribution is -0.317. The average Bonchev–Trinajstić information content (AvgIpc) is 2.43. The van der Waals surface area contributed by atoms with E-state index in [-0.39, 0.29) is 11.1 Å². The predicted octanol–water partition coefficient (Wildman–Crippen LogP) is 6.98. The van der Waals surface area contributed by atoms with E-state index < -0.39 is 0 Å². The van der Waals surface area contributed by atoms with Crippen LogP contribution in [0, 0.1) is 11.3 Å². The van der Waals surface area contributed by atoms with Crippen molar-refractivity contribution in [3.8, 4) is 0 Å². The Kier molecular flexibility index (Phi) is 7.81. The Bertz CT molecular complexity index is 343. The molecule has 2 aliphatic rings. The van der Waals surface area contributed by atoms with Gasteiger partial charge in [-0.15, -0.1) is 0 Å². The summed E-state index contributed by atoms with van der Waals surface area (Å²) in [5.41, 5.74) is 0.625. The van der Waals surface area contributed by atoms with E-state index in [2.05, 4.69) is 67.4 Å². The normalized spacial score (nSPS) is 25.9. The van der Waals surface area contributed by atoms with Gasteiger partial charge in [-0.25, -0.2) is 0 Å². The van der Waals surface area contributed by atoms with Gasteiger partial charge < -0.3 is 0 Å². The van der Waals surface area contributed by atoms with Crippen molar-refractivity contribution in [2.24, 2.45) is 11.3 Å². The van der Waals surface area contributed by atoms with Crippen LogP contribution in [0.25, 0.3) is 0 Å². The molecule has 0 radical (unpaired) electrons. The molecule has 0 aromatic rings. The molecule has 2 heteroatoms. The Morgan fingerprint density at radius 2 is 1.29 bits per heavy atom. The molecule has 2 fully saturated rings. The molecule has 1 saturated carbocycles. The molecular weight excluding hydrogens is 294 g/mol. The van der Waals surface area contributed by atoms with Crippen LogP contribution < -0.4 is 0 Å². The topological polar surface area (TPSA) is 12.5 Å². The van der Waals surface area contributed by atoms with Crippen LogP contribution >= 0.6 is 0 Å². The number of hydrogen-bond acceptors (Lipinski definition) is 2.